The Bertz CT molecular complexity index is 543. The first-order valence-corrected chi connectivity index (χ1v) is 7.26. The maximum absolute atomic E-state index is 11.9. The molecule has 0 unspecified atom stereocenters. The second kappa shape index (κ2) is 6.97. The van der Waals surface area contributed by atoms with Crippen LogP contribution >= 0.6 is 0 Å². The molecule has 2 rings (SSSR count). The van der Waals surface area contributed by atoms with Crippen molar-refractivity contribution in [2.45, 2.75) is 39.0 Å². The summed E-state index contributed by atoms with van der Waals surface area (Å²) in [7, 11) is 0. The van der Waals surface area contributed by atoms with Gasteiger partial charge in [-0.15, -0.1) is 0 Å². The number of nitrogens with one attached hydrogen (secondary N) is 2. The average molecular weight is 291 g/mol. The number of carbonyl (C=O) groups excluding carboxylic acids is 2. The Hall–Kier alpha value is -2.24. The molecule has 6 nitrogen and oxygen atoms in total. The van der Waals surface area contributed by atoms with Crippen LogP contribution in [0.5, 0.6) is 5.75 Å². The first-order chi connectivity index (χ1) is 10.1. The second-order valence-corrected chi connectivity index (χ2v) is 5.13. The molecule has 114 valence electrons. The number of rotatable bonds is 6. The van der Waals surface area contributed by atoms with Crippen LogP contribution in [0, 0.1) is 0 Å². The van der Waals surface area contributed by atoms with E-state index in [0.717, 1.165) is 25.7 Å². The van der Waals surface area contributed by atoms with E-state index in [1.165, 1.54) is 0 Å². The van der Waals surface area contributed by atoms with E-state index in [0.29, 0.717) is 29.2 Å². The molecule has 0 bridgehead atoms. The Morgan fingerprint density at radius 3 is 2.95 bits per heavy atom. The van der Waals surface area contributed by atoms with Gasteiger partial charge in [0.05, 0.1) is 17.1 Å². The number of benzene rings is 1. The third kappa shape index (κ3) is 4.11. The van der Waals surface area contributed by atoms with Crippen LogP contribution in [0.15, 0.2) is 12.1 Å². The molecule has 1 heterocycles. The number of ether oxygens (including phenoxy) is 1. The SMILES string of the molecule is CCCCCCC(=O)Nc1cc2c(cc1N)OCC(=O)N2. The maximum Gasteiger partial charge on any atom is 0.262 e. The zero-order valence-electron chi connectivity index (χ0n) is 12.2. The van der Waals surface area contributed by atoms with Crippen LogP contribution < -0.4 is 21.1 Å². The molecule has 6 heteroatoms. The van der Waals surface area contributed by atoms with E-state index in [2.05, 4.69) is 17.6 Å². The summed E-state index contributed by atoms with van der Waals surface area (Å²) in [5, 5.41) is 5.47. The average Bonchev–Trinajstić information content (AvgIpc) is 2.45. The first kappa shape index (κ1) is 15.2. The summed E-state index contributed by atoms with van der Waals surface area (Å²) in [4.78, 5) is 23.2. The predicted molar refractivity (Wildman–Crippen MR) is 82.4 cm³/mol. The number of unbranched alkanes of at least 4 members (excludes halogenated alkanes) is 3. The van der Waals surface area contributed by atoms with Gasteiger partial charge in [0, 0.05) is 12.5 Å². The predicted octanol–water partition coefficient (Wildman–Crippen LogP) is 2.51. The standard InChI is InChI=1S/C15H21N3O3/c1-2-3-4-5-6-14(19)17-11-8-12-13(7-10(11)16)21-9-15(20)18-12/h7-8H,2-6,9,16H2,1H3,(H,17,19)(H,18,20). The Balaban J connectivity index is 1.98. The molecule has 1 aromatic rings. The van der Waals surface area contributed by atoms with Crippen LogP contribution in [-0.2, 0) is 9.59 Å². The molecule has 1 aliphatic rings. The highest BCUT2D eigenvalue weighted by Crippen LogP contribution is 2.35. The van der Waals surface area contributed by atoms with Gasteiger partial charge >= 0.3 is 0 Å². The molecule has 0 aromatic heterocycles. The molecule has 0 spiro atoms. The number of hydrogen-bond acceptors (Lipinski definition) is 4. The minimum absolute atomic E-state index is 0.0183. The number of hydrogen-bond donors (Lipinski definition) is 3. The lowest BCUT2D eigenvalue weighted by atomic mass is 10.1. The van der Waals surface area contributed by atoms with Crippen LogP contribution in [-0.4, -0.2) is 18.4 Å². The molecule has 21 heavy (non-hydrogen) atoms. The number of fused-ring (bicyclic) bond motifs is 1. The number of anilines is 3. The van der Waals surface area contributed by atoms with Gasteiger partial charge in [0.25, 0.3) is 5.91 Å². The van der Waals surface area contributed by atoms with Gasteiger partial charge in [0.2, 0.25) is 5.91 Å². The fourth-order valence-corrected chi connectivity index (χ4v) is 2.18. The summed E-state index contributed by atoms with van der Waals surface area (Å²) >= 11 is 0. The van der Waals surface area contributed by atoms with Crippen molar-refractivity contribution < 1.29 is 14.3 Å². The van der Waals surface area contributed by atoms with Crippen molar-refractivity contribution in [1.82, 2.24) is 0 Å². The molecule has 0 saturated carbocycles. The molecular weight excluding hydrogens is 270 g/mol. The fraction of sp³-hybridized carbons (Fsp3) is 0.467. The number of carbonyl (C=O) groups is 2. The van der Waals surface area contributed by atoms with Gasteiger partial charge in [-0.2, -0.15) is 0 Å². The van der Waals surface area contributed by atoms with Gasteiger partial charge in [-0.25, -0.2) is 0 Å². The van der Waals surface area contributed by atoms with Gasteiger partial charge in [-0.1, -0.05) is 26.2 Å². The Morgan fingerprint density at radius 1 is 1.38 bits per heavy atom. The number of amides is 2. The molecule has 0 atom stereocenters. The van der Waals surface area contributed by atoms with E-state index < -0.39 is 0 Å². The molecule has 0 saturated heterocycles. The normalized spacial score (nSPS) is 13.1. The largest absolute Gasteiger partial charge is 0.482 e. The summed E-state index contributed by atoms with van der Waals surface area (Å²) in [5.41, 5.74) is 7.35. The van der Waals surface area contributed by atoms with Gasteiger partial charge in [-0.05, 0) is 12.5 Å². The third-order valence-corrected chi connectivity index (χ3v) is 3.32. The zero-order chi connectivity index (χ0) is 15.2. The van der Waals surface area contributed by atoms with Gasteiger partial charge in [0.1, 0.15) is 5.75 Å². The van der Waals surface area contributed by atoms with Crippen molar-refractivity contribution in [3.8, 4) is 5.75 Å². The highest BCUT2D eigenvalue weighted by molar-refractivity contribution is 6.00. The third-order valence-electron chi connectivity index (χ3n) is 3.32. The lowest BCUT2D eigenvalue weighted by Crippen LogP contribution is -2.25. The van der Waals surface area contributed by atoms with Crippen LogP contribution in [0.1, 0.15) is 39.0 Å². The van der Waals surface area contributed by atoms with E-state index in [1.807, 2.05) is 0 Å². The van der Waals surface area contributed by atoms with E-state index in [4.69, 9.17) is 10.5 Å². The Morgan fingerprint density at radius 2 is 2.19 bits per heavy atom. The topological polar surface area (TPSA) is 93.5 Å². The quantitative estimate of drug-likeness (QED) is 0.554. The van der Waals surface area contributed by atoms with E-state index in [-0.39, 0.29) is 18.4 Å². The number of nitrogens with two attached hydrogens (primary N) is 1. The highest BCUT2D eigenvalue weighted by Gasteiger charge is 2.18. The monoisotopic (exact) mass is 291 g/mol. The smallest absolute Gasteiger partial charge is 0.262 e. The van der Waals surface area contributed by atoms with Crippen molar-refractivity contribution in [3.63, 3.8) is 0 Å². The van der Waals surface area contributed by atoms with E-state index >= 15 is 0 Å². The summed E-state index contributed by atoms with van der Waals surface area (Å²) < 4.78 is 5.26. The summed E-state index contributed by atoms with van der Waals surface area (Å²) in [6.07, 6.45) is 4.66. The summed E-state index contributed by atoms with van der Waals surface area (Å²) in [6.45, 7) is 2.11. The van der Waals surface area contributed by atoms with Crippen LogP contribution in [0.2, 0.25) is 0 Å². The highest BCUT2D eigenvalue weighted by atomic mass is 16.5. The minimum Gasteiger partial charge on any atom is -0.482 e. The lowest BCUT2D eigenvalue weighted by Gasteiger charge is -2.20. The molecule has 0 radical (unpaired) electrons. The molecule has 4 N–H and O–H groups in total. The molecule has 1 aliphatic heterocycles. The second-order valence-electron chi connectivity index (χ2n) is 5.13. The Labute approximate surface area is 124 Å². The van der Waals surface area contributed by atoms with Gasteiger partial charge in [-0.3, -0.25) is 9.59 Å². The van der Waals surface area contributed by atoms with E-state index in [9.17, 15) is 9.59 Å². The maximum atomic E-state index is 11.9. The van der Waals surface area contributed by atoms with Crippen LogP contribution in [0.4, 0.5) is 17.1 Å². The summed E-state index contributed by atoms with van der Waals surface area (Å²) in [5.74, 6) is 0.234. The van der Waals surface area contributed by atoms with Gasteiger partial charge in [0.15, 0.2) is 6.61 Å². The Kier molecular flexibility index (Phi) is 5.03. The van der Waals surface area contributed by atoms with Crippen molar-refractivity contribution in [1.29, 1.82) is 0 Å². The van der Waals surface area contributed by atoms with E-state index in [1.54, 1.807) is 12.1 Å². The molecular formula is C15H21N3O3. The van der Waals surface area contributed by atoms with Crippen molar-refractivity contribution in [2.24, 2.45) is 0 Å². The zero-order valence-corrected chi connectivity index (χ0v) is 12.2. The van der Waals surface area contributed by atoms with Crippen molar-refractivity contribution in [2.75, 3.05) is 23.0 Å². The summed E-state index contributed by atoms with van der Waals surface area (Å²) in [6, 6.07) is 3.24. The minimum atomic E-state index is -0.218. The molecule has 2 amide bonds. The first-order valence-electron chi connectivity index (χ1n) is 7.26. The molecule has 0 aliphatic carbocycles. The fourth-order valence-electron chi connectivity index (χ4n) is 2.18. The van der Waals surface area contributed by atoms with Crippen molar-refractivity contribution >= 4 is 28.9 Å². The van der Waals surface area contributed by atoms with Gasteiger partial charge < -0.3 is 21.1 Å². The molecule has 1 aromatic carbocycles. The molecule has 0 fully saturated rings. The lowest BCUT2D eigenvalue weighted by molar-refractivity contribution is -0.118. The van der Waals surface area contributed by atoms with Crippen LogP contribution in [0.25, 0.3) is 0 Å². The number of nitrogen functional groups attached to an aromatic ring is 1. The van der Waals surface area contributed by atoms with Crippen molar-refractivity contribution in [3.05, 3.63) is 12.1 Å². The van der Waals surface area contributed by atoms with Crippen LogP contribution in [0.3, 0.4) is 0 Å².